The third-order valence-corrected chi connectivity index (χ3v) is 5.66. The second-order valence-electron chi connectivity index (χ2n) is 4.98. The van der Waals surface area contributed by atoms with E-state index in [0.29, 0.717) is 5.75 Å². The fraction of sp³-hybridized carbons (Fsp3) is 0.250. The molecule has 2 aromatic rings. The Balaban J connectivity index is 2.36. The van der Waals surface area contributed by atoms with E-state index in [4.69, 9.17) is 21.1 Å². The van der Waals surface area contributed by atoms with Crippen molar-refractivity contribution < 1.29 is 22.3 Å². The van der Waals surface area contributed by atoms with Crippen molar-refractivity contribution in [1.29, 1.82) is 0 Å². The zero-order chi connectivity index (χ0) is 17.9. The van der Waals surface area contributed by atoms with Gasteiger partial charge in [-0.2, -0.15) is 4.31 Å². The number of sulfonamides is 1. The summed E-state index contributed by atoms with van der Waals surface area (Å²) in [6, 6.07) is 8.46. The van der Waals surface area contributed by atoms with Crippen molar-refractivity contribution in [2.24, 2.45) is 0 Å². The quantitative estimate of drug-likeness (QED) is 0.779. The third-order valence-electron chi connectivity index (χ3n) is 3.51. The zero-order valence-corrected chi connectivity index (χ0v) is 15.0. The Labute approximate surface area is 145 Å². The van der Waals surface area contributed by atoms with Crippen LogP contribution >= 0.6 is 11.6 Å². The van der Waals surface area contributed by atoms with E-state index in [0.717, 1.165) is 4.31 Å². The first-order chi connectivity index (χ1) is 11.3. The highest BCUT2D eigenvalue weighted by molar-refractivity contribution is 7.89. The van der Waals surface area contributed by atoms with E-state index in [9.17, 15) is 12.8 Å². The highest BCUT2D eigenvalue weighted by Crippen LogP contribution is 2.31. The first kappa shape index (κ1) is 18.5. The van der Waals surface area contributed by atoms with E-state index in [1.54, 1.807) is 0 Å². The second-order valence-corrected chi connectivity index (χ2v) is 7.43. The molecule has 0 saturated carbocycles. The van der Waals surface area contributed by atoms with Crippen molar-refractivity contribution in [1.82, 2.24) is 4.31 Å². The SMILES string of the molecule is COc1ccc(S(=O)(=O)N(C)Cc2c(F)cccc2Cl)cc1OC. The number of halogens is 2. The molecule has 0 heterocycles. The van der Waals surface area contributed by atoms with E-state index in [1.165, 1.54) is 57.7 Å². The summed E-state index contributed by atoms with van der Waals surface area (Å²) in [7, 11) is 0.371. The van der Waals surface area contributed by atoms with Crippen LogP contribution in [0.5, 0.6) is 11.5 Å². The number of hydrogen-bond donors (Lipinski definition) is 0. The predicted molar refractivity (Wildman–Crippen MR) is 89.6 cm³/mol. The molecule has 0 aliphatic heterocycles. The molecule has 24 heavy (non-hydrogen) atoms. The Hall–Kier alpha value is -1.83. The Morgan fingerprint density at radius 2 is 1.79 bits per heavy atom. The fourth-order valence-electron chi connectivity index (χ4n) is 2.15. The molecule has 8 heteroatoms. The van der Waals surface area contributed by atoms with E-state index in [1.807, 2.05) is 0 Å². The first-order valence-electron chi connectivity index (χ1n) is 6.92. The molecule has 2 rings (SSSR count). The van der Waals surface area contributed by atoms with Crippen LogP contribution in [0.3, 0.4) is 0 Å². The lowest BCUT2D eigenvalue weighted by Crippen LogP contribution is -2.27. The van der Waals surface area contributed by atoms with Gasteiger partial charge in [-0.1, -0.05) is 17.7 Å². The minimum absolute atomic E-state index is 0.00936. The molecule has 0 atom stereocenters. The van der Waals surface area contributed by atoms with E-state index >= 15 is 0 Å². The largest absolute Gasteiger partial charge is 0.493 e. The van der Waals surface area contributed by atoms with Crippen molar-refractivity contribution in [2.45, 2.75) is 11.4 Å². The third kappa shape index (κ3) is 3.63. The molecule has 0 radical (unpaired) electrons. The second kappa shape index (κ2) is 7.38. The van der Waals surface area contributed by atoms with Gasteiger partial charge in [0, 0.05) is 30.2 Å². The highest BCUT2D eigenvalue weighted by Gasteiger charge is 2.24. The highest BCUT2D eigenvalue weighted by atomic mass is 35.5. The lowest BCUT2D eigenvalue weighted by molar-refractivity contribution is 0.353. The molecule has 0 bridgehead atoms. The van der Waals surface area contributed by atoms with Crippen molar-refractivity contribution in [2.75, 3.05) is 21.3 Å². The summed E-state index contributed by atoms with van der Waals surface area (Å²) in [5.74, 6) is 0.143. The Kier molecular flexibility index (Phi) is 5.69. The molecule has 2 aromatic carbocycles. The standard InChI is InChI=1S/C16H17ClFNO4S/c1-19(10-12-13(17)5-4-6-14(12)18)24(20,21)11-7-8-15(22-2)16(9-11)23-3/h4-9H,10H2,1-3H3. The van der Waals surface area contributed by atoms with Gasteiger partial charge in [0.2, 0.25) is 10.0 Å². The smallest absolute Gasteiger partial charge is 0.243 e. The van der Waals surface area contributed by atoms with Gasteiger partial charge in [-0.3, -0.25) is 0 Å². The van der Waals surface area contributed by atoms with Gasteiger partial charge in [-0.05, 0) is 24.3 Å². The molecule has 0 aromatic heterocycles. The topological polar surface area (TPSA) is 55.8 Å². The summed E-state index contributed by atoms with van der Waals surface area (Å²) in [5, 5.41) is 0.171. The van der Waals surface area contributed by atoms with Gasteiger partial charge in [0.05, 0.1) is 19.1 Å². The Morgan fingerprint density at radius 1 is 1.12 bits per heavy atom. The maximum Gasteiger partial charge on any atom is 0.243 e. The maximum atomic E-state index is 13.9. The summed E-state index contributed by atoms with van der Waals surface area (Å²) in [6.45, 7) is -0.192. The van der Waals surface area contributed by atoms with Crippen molar-refractivity contribution >= 4 is 21.6 Å². The summed E-state index contributed by atoms with van der Waals surface area (Å²) in [6.07, 6.45) is 0. The predicted octanol–water partition coefficient (Wildman–Crippen LogP) is 3.32. The molecule has 0 spiro atoms. The summed E-state index contributed by atoms with van der Waals surface area (Å²) >= 11 is 5.96. The number of benzene rings is 2. The minimum atomic E-state index is -3.86. The maximum absolute atomic E-state index is 13.9. The van der Waals surface area contributed by atoms with E-state index in [2.05, 4.69) is 0 Å². The van der Waals surface area contributed by atoms with Crippen LogP contribution in [0.2, 0.25) is 5.02 Å². The average Bonchev–Trinajstić information content (AvgIpc) is 2.57. The van der Waals surface area contributed by atoms with Crippen molar-refractivity contribution in [3.05, 3.63) is 52.8 Å². The van der Waals surface area contributed by atoms with Crippen LogP contribution in [0.15, 0.2) is 41.3 Å². The van der Waals surface area contributed by atoms with Gasteiger partial charge in [0.15, 0.2) is 11.5 Å². The van der Waals surface area contributed by atoms with Gasteiger partial charge in [0.25, 0.3) is 0 Å². The van der Waals surface area contributed by atoms with Gasteiger partial charge in [0.1, 0.15) is 5.82 Å². The van der Waals surface area contributed by atoms with Crippen LogP contribution in [0, 0.1) is 5.82 Å². The van der Waals surface area contributed by atoms with Crippen molar-refractivity contribution in [3.63, 3.8) is 0 Å². The molecule has 0 saturated heterocycles. The molecular weight excluding hydrogens is 357 g/mol. The first-order valence-corrected chi connectivity index (χ1v) is 8.74. The summed E-state index contributed by atoms with van der Waals surface area (Å²) in [4.78, 5) is 0.00936. The number of nitrogens with zero attached hydrogens (tertiary/aromatic N) is 1. The van der Waals surface area contributed by atoms with Crippen LogP contribution in [0.25, 0.3) is 0 Å². The minimum Gasteiger partial charge on any atom is -0.493 e. The average molecular weight is 374 g/mol. The molecule has 5 nitrogen and oxygen atoms in total. The van der Waals surface area contributed by atoms with Gasteiger partial charge >= 0.3 is 0 Å². The fourth-order valence-corrected chi connectivity index (χ4v) is 3.53. The number of methoxy groups -OCH3 is 2. The lowest BCUT2D eigenvalue weighted by Gasteiger charge is -2.19. The summed E-state index contributed by atoms with van der Waals surface area (Å²) in [5.41, 5.74) is 0.116. The molecule has 0 aliphatic carbocycles. The lowest BCUT2D eigenvalue weighted by atomic mass is 10.2. The van der Waals surface area contributed by atoms with Crippen LogP contribution in [0.4, 0.5) is 4.39 Å². The normalized spacial score (nSPS) is 11.6. The van der Waals surface area contributed by atoms with Gasteiger partial charge in [-0.25, -0.2) is 12.8 Å². The van der Waals surface area contributed by atoms with Crippen LogP contribution in [-0.2, 0) is 16.6 Å². The zero-order valence-electron chi connectivity index (χ0n) is 13.4. The molecule has 0 fully saturated rings. The van der Waals surface area contributed by atoms with Gasteiger partial charge in [-0.15, -0.1) is 0 Å². The van der Waals surface area contributed by atoms with Crippen molar-refractivity contribution in [3.8, 4) is 11.5 Å². The Bertz CT molecular complexity index is 822. The van der Waals surface area contributed by atoms with Crippen LogP contribution < -0.4 is 9.47 Å². The molecule has 130 valence electrons. The number of ether oxygens (including phenoxy) is 2. The van der Waals surface area contributed by atoms with Crippen LogP contribution in [-0.4, -0.2) is 34.0 Å². The van der Waals surface area contributed by atoms with Gasteiger partial charge < -0.3 is 9.47 Å². The number of rotatable bonds is 6. The monoisotopic (exact) mass is 373 g/mol. The van der Waals surface area contributed by atoms with E-state index < -0.39 is 15.8 Å². The van der Waals surface area contributed by atoms with E-state index in [-0.39, 0.29) is 27.8 Å². The molecule has 0 amide bonds. The number of hydrogen-bond acceptors (Lipinski definition) is 4. The summed E-state index contributed by atoms with van der Waals surface area (Å²) < 4.78 is 50.5. The molecular formula is C16H17ClFNO4S. The molecule has 0 N–H and O–H groups in total. The van der Waals surface area contributed by atoms with Crippen LogP contribution in [0.1, 0.15) is 5.56 Å². The molecule has 0 unspecified atom stereocenters. The molecule has 0 aliphatic rings. The Morgan fingerprint density at radius 3 is 2.38 bits per heavy atom.